The highest BCUT2D eigenvalue weighted by Crippen LogP contribution is 2.33. The van der Waals surface area contributed by atoms with E-state index in [0.717, 1.165) is 18.8 Å². The Kier molecular flexibility index (Phi) is 2.55. The third-order valence-corrected chi connectivity index (χ3v) is 4.43. The molecule has 1 atom stereocenters. The molecule has 1 aromatic heterocycles. The number of likely N-dealkylation sites (tertiary alicyclic amines) is 1. The highest BCUT2D eigenvalue weighted by molar-refractivity contribution is 5.87. The molecule has 0 aliphatic carbocycles. The highest BCUT2D eigenvalue weighted by atomic mass is 16.5. The molecule has 3 nitrogen and oxygen atoms in total. The van der Waals surface area contributed by atoms with Crippen LogP contribution in [0.1, 0.15) is 18.5 Å². The maximum atomic E-state index is 6.22. The molecular formula is C16H20N2O. The number of hydrogen-bond donors (Lipinski definition) is 0. The summed E-state index contributed by atoms with van der Waals surface area (Å²) in [7, 11) is 0. The summed E-state index contributed by atoms with van der Waals surface area (Å²) < 4.78 is 8.64. The summed E-state index contributed by atoms with van der Waals surface area (Å²) in [6, 6.07) is 8.64. The maximum Gasteiger partial charge on any atom is 0.144 e. The predicted molar refractivity (Wildman–Crippen MR) is 76.8 cm³/mol. The van der Waals surface area contributed by atoms with Crippen LogP contribution in [-0.2, 0) is 6.54 Å². The van der Waals surface area contributed by atoms with E-state index in [-0.39, 0.29) is 0 Å². The van der Waals surface area contributed by atoms with E-state index in [4.69, 9.17) is 4.74 Å². The van der Waals surface area contributed by atoms with Gasteiger partial charge in [-0.1, -0.05) is 12.1 Å². The van der Waals surface area contributed by atoms with Gasteiger partial charge in [-0.05, 0) is 45.0 Å². The van der Waals surface area contributed by atoms with Crippen LogP contribution in [0.15, 0.2) is 24.3 Å². The van der Waals surface area contributed by atoms with Gasteiger partial charge in [0, 0.05) is 17.6 Å². The van der Waals surface area contributed by atoms with Gasteiger partial charge in [0.1, 0.15) is 11.9 Å². The summed E-state index contributed by atoms with van der Waals surface area (Å²) in [6.45, 7) is 6.72. The van der Waals surface area contributed by atoms with E-state index in [1.165, 1.54) is 42.5 Å². The molecule has 3 heteroatoms. The first-order valence-electron chi connectivity index (χ1n) is 7.29. The molecule has 0 saturated carbocycles. The van der Waals surface area contributed by atoms with Crippen LogP contribution in [-0.4, -0.2) is 35.2 Å². The van der Waals surface area contributed by atoms with Gasteiger partial charge in [0.05, 0.1) is 12.1 Å². The minimum absolute atomic E-state index is 0.294. The van der Waals surface area contributed by atoms with E-state index >= 15 is 0 Å². The summed E-state index contributed by atoms with van der Waals surface area (Å²) in [5, 5.41) is 1.30. The van der Waals surface area contributed by atoms with Crippen LogP contribution in [0, 0.1) is 6.92 Å². The first kappa shape index (κ1) is 11.4. The quantitative estimate of drug-likeness (QED) is 0.822. The number of hydrogen-bond acceptors (Lipinski definition) is 2. The molecule has 2 aliphatic heterocycles. The zero-order valence-electron chi connectivity index (χ0n) is 11.4. The smallest absolute Gasteiger partial charge is 0.144 e. The molecule has 0 N–H and O–H groups in total. The van der Waals surface area contributed by atoms with Gasteiger partial charge >= 0.3 is 0 Å². The van der Waals surface area contributed by atoms with Crippen molar-refractivity contribution < 1.29 is 4.74 Å². The number of ether oxygens (including phenoxy) is 1. The minimum Gasteiger partial charge on any atom is -0.485 e. The molecule has 1 aromatic carbocycles. The van der Waals surface area contributed by atoms with Crippen LogP contribution < -0.4 is 4.74 Å². The van der Waals surface area contributed by atoms with E-state index in [0.29, 0.717) is 6.10 Å². The Hall–Kier alpha value is -1.48. The van der Waals surface area contributed by atoms with E-state index < -0.39 is 0 Å². The molecule has 1 unspecified atom stereocenters. The van der Waals surface area contributed by atoms with Gasteiger partial charge in [-0.3, -0.25) is 4.90 Å². The Morgan fingerprint density at radius 2 is 2.11 bits per heavy atom. The molecule has 0 bridgehead atoms. The summed E-state index contributed by atoms with van der Waals surface area (Å²) in [6.07, 6.45) is 2.98. The number of para-hydroxylation sites is 1. The highest BCUT2D eigenvalue weighted by Gasteiger charge is 2.25. The zero-order chi connectivity index (χ0) is 12.8. The topological polar surface area (TPSA) is 17.4 Å². The Labute approximate surface area is 113 Å². The molecule has 19 heavy (non-hydrogen) atoms. The van der Waals surface area contributed by atoms with Crippen molar-refractivity contribution in [1.29, 1.82) is 0 Å². The monoisotopic (exact) mass is 256 g/mol. The average molecular weight is 256 g/mol. The molecule has 0 spiro atoms. The third-order valence-electron chi connectivity index (χ3n) is 4.43. The fourth-order valence-corrected chi connectivity index (χ4v) is 3.52. The largest absolute Gasteiger partial charge is 0.485 e. The van der Waals surface area contributed by atoms with Crippen molar-refractivity contribution in [1.82, 2.24) is 9.47 Å². The second-order valence-corrected chi connectivity index (χ2v) is 5.84. The molecule has 1 fully saturated rings. The Morgan fingerprint density at radius 3 is 2.95 bits per heavy atom. The van der Waals surface area contributed by atoms with Crippen LogP contribution in [0.5, 0.6) is 5.75 Å². The molecule has 4 rings (SSSR count). The van der Waals surface area contributed by atoms with Crippen molar-refractivity contribution in [3.63, 3.8) is 0 Å². The van der Waals surface area contributed by atoms with Crippen LogP contribution in [0.25, 0.3) is 10.9 Å². The summed E-state index contributed by atoms with van der Waals surface area (Å²) in [5.41, 5.74) is 2.62. The lowest BCUT2D eigenvalue weighted by Crippen LogP contribution is -2.38. The van der Waals surface area contributed by atoms with Crippen LogP contribution in [0.3, 0.4) is 0 Å². The predicted octanol–water partition coefficient (Wildman–Crippen LogP) is 2.81. The van der Waals surface area contributed by atoms with Crippen molar-refractivity contribution in [2.24, 2.45) is 0 Å². The van der Waals surface area contributed by atoms with Gasteiger partial charge in [0.25, 0.3) is 0 Å². The molecule has 2 aliphatic rings. The van der Waals surface area contributed by atoms with Crippen LogP contribution in [0.2, 0.25) is 0 Å². The average Bonchev–Trinajstić information content (AvgIpc) is 3.00. The zero-order valence-corrected chi connectivity index (χ0v) is 11.4. The molecule has 1 saturated heterocycles. The van der Waals surface area contributed by atoms with Gasteiger partial charge in [-0.15, -0.1) is 0 Å². The second-order valence-electron chi connectivity index (χ2n) is 5.84. The maximum absolute atomic E-state index is 6.22. The van der Waals surface area contributed by atoms with E-state index in [1.807, 2.05) is 0 Å². The molecule has 0 radical (unpaired) electrons. The lowest BCUT2D eigenvalue weighted by molar-refractivity contribution is 0.123. The third kappa shape index (κ3) is 1.84. The summed E-state index contributed by atoms with van der Waals surface area (Å²) >= 11 is 0. The fraction of sp³-hybridized carbons (Fsp3) is 0.500. The Bertz CT molecular complexity index is 610. The first-order valence-corrected chi connectivity index (χ1v) is 7.29. The molecule has 100 valence electrons. The molecule has 3 heterocycles. The minimum atomic E-state index is 0.294. The molecular weight excluding hydrogens is 236 g/mol. The number of aromatic nitrogens is 1. The van der Waals surface area contributed by atoms with Crippen molar-refractivity contribution in [2.45, 2.75) is 32.4 Å². The molecule has 2 aromatic rings. The Balaban J connectivity index is 1.66. The SMILES string of the molecule is Cc1cc2cccc3c2n1CC(CN1CCCC1)O3. The van der Waals surface area contributed by atoms with Gasteiger partial charge < -0.3 is 9.30 Å². The second kappa shape index (κ2) is 4.27. The lowest BCUT2D eigenvalue weighted by atomic mass is 10.2. The Morgan fingerprint density at radius 1 is 1.26 bits per heavy atom. The standard InChI is InChI=1S/C16H20N2O/c1-12-9-13-5-4-6-15-16(13)18(12)11-14(19-15)10-17-7-2-3-8-17/h4-6,9,14H,2-3,7-8,10-11H2,1H3. The summed E-state index contributed by atoms with van der Waals surface area (Å²) in [5.74, 6) is 1.06. The lowest BCUT2D eigenvalue weighted by Gasteiger charge is -2.30. The van der Waals surface area contributed by atoms with E-state index in [9.17, 15) is 0 Å². The number of rotatable bonds is 2. The van der Waals surface area contributed by atoms with Crippen molar-refractivity contribution in [3.8, 4) is 5.75 Å². The molecule has 0 amide bonds. The summed E-state index contributed by atoms with van der Waals surface area (Å²) in [4.78, 5) is 2.54. The number of benzene rings is 1. The van der Waals surface area contributed by atoms with Gasteiger partial charge in [-0.2, -0.15) is 0 Å². The van der Waals surface area contributed by atoms with Gasteiger partial charge in [0.15, 0.2) is 0 Å². The van der Waals surface area contributed by atoms with E-state index in [1.54, 1.807) is 0 Å². The normalized spacial score (nSPS) is 22.9. The van der Waals surface area contributed by atoms with Crippen LogP contribution in [0.4, 0.5) is 0 Å². The fourth-order valence-electron chi connectivity index (χ4n) is 3.52. The van der Waals surface area contributed by atoms with E-state index in [2.05, 4.69) is 40.7 Å². The van der Waals surface area contributed by atoms with Crippen LogP contribution >= 0.6 is 0 Å². The van der Waals surface area contributed by atoms with Crippen molar-refractivity contribution in [3.05, 3.63) is 30.0 Å². The van der Waals surface area contributed by atoms with Crippen molar-refractivity contribution >= 4 is 10.9 Å². The van der Waals surface area contributed by atoms with Crippen molar-refractivity contribution in [2.75, 3.05) is 19.6 Å². The number of nitrogens with zero attached hydrogens (tertiary/aromatic N) is 2. The van der Waals surface area contributed by atoms with Gasteiger partial charge in [0.2, 0.25) is 0 Å². The number of aryl methyl sites for hydroxylation is 1. The first-order chi connectivity index (χ1) is 9.31. The van der Waals surface area contributed by atoms with Gasteiger partial charge in [-0.25, -0.2) is 0 Å².